The molecule has 0 spiro atoms. The minimum atomic E-state index is -2.34. The van der Waals surface area contributed by atoms with Crippen molar-refractivity contribution in [3.05, 3.63) is 88.4 Å². The highest BCUT2D eigenvalue weighted by molar-refractivity contribution is 6.83. The van der Waals surface area contributed by atoms with Crippen LogP contribution in [0, 0.1) is 0 Å². The molecule has 0 saturated carbocycles. The van der Waals surface area contributed by atoms with Gasteiger partial charge in [-0.25, -0.2) is 0 Å². The number of carbonyl (C=O) groups is 1. The number of aliphatic imine (C=N–C) groups is 1. The Labute approximate surface area is 242 Å². The quantitative estimate of drug-likeness (QED) is 0.289. The van der Waals surface area contributed by atoms with Crippen LogP contribution in [-0.4, -0.2) is 56.8 Å². The van der Waals surface area contributed by atoms with E-state index < -0.39 is 26.7 Å². The Hall–Kier alpha value is -3.21. The summed E-state index contributed by atoms with van der Waals surface area (Å²) in [5, 5.41) is 4.62. The van der Waals surface area contributed by atoms with Crippen molar-refractivity contribution in [1.82, 2.24) is 5.32 Å². The largest absolute Gasteiger partial charge is 0.497 e. The number of methoxy groups -OCH3 is 1. The SMILES string of the molecule is COc1ccc2c(c1)C(c1ccc(Cl)cc1)=N[C@@H](CC(=O)NCCc1ccc([Si](C)(C)O)cc1)C(N)N2C(C)N. The van der Waals surface area contributed by atoms with Gasteiger partial charge in [0.25, 0.3) is 0 Å². The van der Waals surface area contributed by atoms with Gasteiger partial charge >= 0.3 is 0 Å². The highest BCUT2D eigenvalue weighted by Gasteiger charge is 2.34. The van der Waals surface area contributed by atoms with Gasteiger partial charge in [-0.3, -0.25) is 9.79 Å². The Morgan fingerprint density at radius 1 is 1.15 bits per heavy atom. The van der Waals surface area contributed by atoms with Crippen molar-refractivity contribution in [1.29, 1.82) is 0 Å². The molecule has 0 aromatic heterocycles. The third-order valence-corrected chi connectivity index (χ3v) is 9.09. The molecule has 3 aromatic carbocycles. The van der Waals surface area contributed by atoms with E-state index in [0.29, 0.717) is 29.4 Å². The van der Waals surface area contributed by atoms with Gasteiger partial charge in [0.05, 0.1) is 31.4 Å². The van der Waals surface area contributed by atoms with Crippen molar-refractivity contribution in [3.63, 3.8) is 0 Å². The number of amides is 1. The van der Waals surface area contributed by atoms with E-state index in [9.17, 15) is 9.59 Å². The molecule has 212 valence electrons. The molecule has 10 heteroatoms. The van der Waals surface area contributed by atoms with Crippen LogP contribution >= 0.6 is 11.6 Å². The summed E-state index contributed by atoms with van der Waals surface area (Å²) in [6.45, 7) is 6.12. The minimum Gasteiger partial charge on any atom is -0.497 e. The number of carbonyl (C=O) groups excluding carboxylic acids is 1. The lowest BCUT2D eigenvalue weighted by Crippen LogP contribution is -2.56. The first-order valence-corrected chi connectivity index (χ1v) is 16.7. The average Bonchev–Trinajstić information content (AvgIpc) is 3.02. The summed E-state index contributed by atoms with van der Waals surface area (Å²) < 4.78 is 5.51. The van der Waals surface area contributed by atoms with Gasteiger partial charge in [-0.2, -0.15) is 0 Å². The molecule has 2 unspecified atom stereocenters. The molecule has 1 aliphatic rings. The molecule has 6 N–H and O–H groups in total. The first-order valence-electron chi connectivity index (χ1n) is 13.4. The van der Waals surface area contributed by atoms with Crippen molar-refractivity contribution in [2.24, 2.45) is 16.5 Å². The lowest BCUT2D eigenvalue weighted by molar-refractivity contribution is -0.121. The second-order valence-electron chi connectivity index (χ2n) is 10.6. The molecule has 8 nitrogen and oxygen atoms in total. The molecule has 3 aromatic rings. The van der Waals surface area contributed by atoms with Gasteiger partial charge in [0.2, 0.25) is 14.2 Å². The molecule has 40 heavy (non-hydrogen) atoms. The number of hydrogen-bond acceptors (Lipinski definition) is 7. The number of anilines is 1. The molecule has 4 rings (SSSR count). The van der Waals surface area contributed by atoms with Crippen molar-refractivity contribution in [2.45, 2.75) is 51.2 Å². The molecule has 0 bridgehead atoms. The standard InChI is InChI=1S/C30H38ClN5O3Si/c1-19(32)36-27-14-11-23(39-2)17-25(27)29(21-7-9-22(31)10-8-21)35-26(30(36)33)18-28(37)34-16-15-20-5-12-24(13-6-20)40(3,4)38/h5-14,17,19,26,30,38H,15-16,18,32-33H2,1-4H3,(H,34,37)/t19?,26-,30?/m0/s1. The van der Waals surface area contributed by atoms with E-state index >= 15 is 0 Å². The highest BCUT2D eigenvalue weighted by atomic mass is 35.5. The van der Waals surface area contributed by atoms with Crippen molar-refractivity contribution < 1.29 is 14.3 Å². The second-order valence-corrected chi connectivity index (χ2v) is 14.8. The number of benzodiazepines with no additional fused rings is 1. The maximum atomic E-state index is 13.1. The van der Waals surface area contributed by atoms with E-state index in [0.717, 1.165) is 27.6 Å². The summed E-state index contributed by atoms with van der Waals surface area (Å²) in [5.74, 6) is 0.529. The van der Waals surface area contributed by atoms with E-state index in [-0.39, 0.29) is 12.3 Å². The number of ether oxygens (including phenoxy) is 1. The number of hydrogen-bond donors (Lipinski definition) is 4. The van der Waals surface area contributed by atoms with Crippen molar-refractivity contribution >= 4 is 42.4 Å². The van der Waals surface area contributed by atoms with E-state index in [1.807, 2.05) is 91.6 Å². The van der Waals surface area contributed by atoms with E-state index in [1.54, 1.807) is 7.11 Å². The van der Waals surface area contributed by atoms with Crippen molar-refractivity contribution in [3.8, 4) is 5.75 Å². The van der Waals surface area contributed by atoms with Gasteiger partial charge in [0.15, 0.2) is 0 Å². The van der Waals surface area contributed by atoms with Crippen molar-refractivity contribution in [2.75, 3.05) is 18.6 Å². The lowest BCUT2D eigenvalue weighted by atomic mass is 9.99. The summed E-state index contributed by atoms with van der Waals surface area (Å²) in [6, 6.07) is 20.5. The third-order valence-electron chi connectivity index (χ3n) is 7.09. The van der Waals surface area contributed by atoms with Crippen LogP contribution in [0.4, 0.5) is 5.69 Å². The maximum Gasteiger partial charge on any atom is 0.222 e. The smallest absolute Gasteiger partial charge is 0.222 e. The van der Waals surface area contributed by atoms with E-state index in [2.05, 4.69) is 5.32 Å². The van der Waals surface area contributed by atoms with Crippen LogP contribution in [-0.2, 0) is 11.2 Å². The molecule has 1 heterocycles. The van der Waals surface area contributed by atoms with Crippen LogP contribution in [0.5, 0.6) is 5.75 Å². The van der Waals surface area contributed by atoms with Gasteiger partial charge in [-0.15, -0.1) is 0 Å². The van der Waals surface area contributed by atoms with Crippen LogP contribution < -0.4 is 31.6 Å². The van der Waals surface area contributed by atoms with Gasteiger partial charge in [-0.05, 0) is 67.5 Å². The second kappa shape index (κ2) is 12.5. The molecular weight excluding hydrogens is 542 g/mol. The van der Waals surface area contributed by atoms with Gasteiger partial charge < -0.3 is 31.2 Å². The van der Waals surface area contributed by atoms with Gasteiger partial charge in [0, 0.05) is 28.4 Å². The Morgan fingerprint density at radius 3 is 2.42 bits per heavy atom. The zero-order valence-corrected chi connectivity index (χ0v) is 25.2. The number of nitrogens with two attached hydrogens (primary N) is 2. The predicted octanol–water partition coefficient (Wildman–Crippen LogP) is 3.12. The summed E-state index contributed by atoms with van der Waals surface area (Å²) in [6.07, 6.45) is -0.300. The summed E-state index contributed by atoms with van der Waals surface area (Å²) in [5.41, 5.74) is 17.5. The zero-order valence-electron chi connectivity index (χ0n) is 23.4. The van der Waals surface area contributed by atoms with Crippen LogP contribution in [0.1, 0.15) is 30.0 Å². The third kappa shape index (κ3) is 6.91. The fraction of sp³-hybridized carbons (Fsp3) is 0.333. The fourth-order valence-corrected chi connectivity index (χ4v) is 6.01. The number of nitrogens with one attached hydrogen (secondary N) is 1. The topological polar surface area (TPSA) is 126 Å². The lowest BCUT2D eigenvalue weighted by Gasteiger charge is -2.36. The Balaban J connectivity index is 1.58. The molecular formula is C30H38ClN5O3Si. The first kappa shape index (κ1) is 29.8. The number of rotatable bonds is 9. The zero-order chi connectivity index (χ0) is 29.0. The molecule has 0 radical (unpaired) electrons. The minimum absolute atomic E-state index is 0.0931. The van der Waals surface area contributed by atoms with Crippen LogP contribution in [0.15, 0.2) is 71.7 Å². The molecule has 3 atom stereocenters. The Morgan fingerprint density at radius 2 is 1.82 bits per heavy atom. The Kier molecular flexibility index (Phi) is 9.32. The normalized spacial score (nSPS) is 17.9. The maximum absolute atomic E-state index is 13.1. The molecule has 0 aliphatic carbocycles. The summed E-state index contributed by atoms with van der Waals surface area (Å²) >= 11 is 6.17. The fourth-order valence-electron chi connectivity index (χ4n) is 4.90. The molecule has 1 amide bonds. The molecule has 0 fully saturated rings. The number of halogens is 1. The monoisotopic (exact) mass is 579 g/mol. The average molecular weight is 580 g/mol. The van der Waals surface area contributed by atoms with Crippen LogP contribution in [0.25, 0.3) is 0 Å². The Bertz CT molecular complexity index is 1360. The number of nitrogens with zero attached hydrogens (tertiary/aromatic N) is 2. The van der Waals surface area contributed by atoms with E-state index in [4.69, 9.17) is 32.8 Å². The molecule has 0 saturated heterocycles. The number of fused-ring (bicyclic) bond motifs is 1. The predicted molar refractivity (Wildman–Crippen MR) is 165 cm³/mol. The summed E-state index contributed by atoms with van der Waals surface area (Å²) in [4.78, 5) is 30.4. The number of benzene rings is 3. The summed E-state index contributed by atoms with van der Waals surface area (Å²) in [7, 11) is -0.723. The van der Waals surface area contributed by atoms with Gasteiger partial charge in [-0.1, -0.05) is 48.0 Å². The van der Waals surface area contributed by atoms with Gasteiger partial charge in [0.1, 0.15) is 11.9 Å². The highest BCUT2D eigenvalue weighted by Crippen LogP contribution is 2.34. The first-order chi connectivity index (χ1) is 19.0. The van der Waals surface area contributed by atoms with Crippen LogP contribution in [0.3, 0.4) is 0 Å². The van der Waals surface area contributed by atoms with E-state index in [1.165, 1.54) is 0 Å². The molecule has 1 aliphatic heterocycles. The van der Waals surface area contributed by atoms with Crippen LogP contribution in [0.2, 0.25) is 18.1 Å².